The summed E-state index contributed by atoms with van der Waals surface area (Å²) < 4.78 is 4.80. The van der Waals surface area contributed by atoms with E-state index in [-0.39, 0.29) is 37.0 Å². The van der Waals surface area contributed by atoms with Gasteiger partial charge in [-0.1, -0.05) is 23.2 Å². The van der Waals surface area contributed by atoms with Gasteiger partial charge in [0.15, 0.2) is 0 Å². The molecule has 0 unspecified atom stereocenters. The number of nitrogens with zero attached hydrogens (tertiary/aromatic N) is 3. The van der Waals surface area contributed by atoms with Gasteiger partial charge in [0.25, 0.3) is 0 Å². The molecule has 0 bridgehead atoms. The van der Waals surface area contributed by atoms with Gasteiger partial charge >= 0.3 is 11.7 Å². The molecule has 0 amide bonds. The quantitative estimate of drug-likeness (QED) is 0.390. The molecular weight excluding hydrogens is 385 g/mol. The Balaban J connectivity index is 2.14. The topological polar surface area (TPSA) is 119 Å². The number of esters is 1. The van der Waals surface area contributed by atoms with Gasteiger partial charge in [0.05, 0.1) is 28.0 Å². The van der Waals surface area contributed by atoms with Gasteiger partial charge in [-0.15, -0.1) is 0 Å². The lowest BCUT2D eigenvalue weighted by molar-refractivity contribution is -0.384. The molecule has 2 N–H and O–H groups in total. The largest absolute Gasteiger partial charge is 0.466 e. The molecule has 2 rings (SSSR count). The van der Waals surface area contributed by atoms with E-state index in [2.05, 4.69) is 20.6 Å². The van der Waals surface area contributed by atoms with E-state index in [1.165, 1.54) is 0 Å². The van der Waals surface area contributed by atoms with E-state index in [1.807, 2.05) is 0 Å². The van der Waals surface area contributed by atoms with Gasteiger partial charge in [0.1, 0.15) is 6.20 Å². The van der Waals surface area contributed by atoms with Crippen LogP contribution in [0.4, 0.5) is 23.1 Å². The summed E-state index contributed by atoms with van der Waals surface area (Å²) in [6, 6.07) is 4.82. The van der Waals surface area contributed by atoms with Crippen LogP contribution in [-0.4, -0.2) is 34.0 Å². The van der Waals surface area contributed by atoms with E-state index in [4.69, 9.17) is 27.9 Å². The fraction of sp³-hybridized carbons (Fsp3) is 0.267. The molecule has 1 aromatic heterocycles. The van der Waals surface area contributed by atoms with E-state index in [1.54, 1.807) is 25.1 Å². The number of rotatable bonds is 8. The molecule has 0 saturated carbocycles. The van der Waals surface area contributed by atoms with Crippen molar-refractivity contribution in [3.63, 3.8) is 0 Å². The summed E-state index contributed by atoms with van der Waals surface area (Å²) in [6.07, 6.45) is 1.12. The summed E-state index contributed by atoms with van der Waals surface area (Å²) in [5.41, 5.74) is 0.249. The molecule has 0 aliphatic rings. The van der Waals surface area contributed by atoms with Crippen LogP contribution < -0.4 is 10.6 Å². The Morgan fingerprint density at radius 2 is 2.12 bits per heavy atom. The Hall–Kier alpha value is -2.65. The van der Waals surface area contributed by atoms with Gasteiger partial charge in [-0.3, -0.25) is 14.9 Å². The highest BCUT2D eigenvalue weighted by Gasteiger charge is 2.17. The molecule has 26 heavy (non-hydrogen) atoms. The third kappa shape index (κ3) is 5.43. The Bertz CT molecular complexity index is 819. The summed E-state index contributed by atoms with van der Waals surface area (Å²) in [5, 5.41) is 17.5. The van der Waals surface area contributed by atoms with Crippen molar-refractivity contribution < 1.29 is 14.5 Å². The Morgan fingerprint density at radius 1 is 1.35 bits per heavy atom. The van der Waals surface area contributed by atoms with Gasteiger partial charge < -0.3 is 15.4 Å². The summed E-state index contributed by atoms with van der Waals surface area (Å²) in [5.74, 6) is -0.310. The minimum atomic E-state index is -0.615. The molecule has 0 atom stereocenters. The van der Waals surface area contributed by atoms with Crippen LogP contribution in [0.2, 0.25) is 10.0 Å². The highest BCUT2D eigenvalue weighted by Crippen LogP contribution is 2.27. The lowest BCUT2D eigenvalue weighted by Gasteiger charge is -2.09. The van der Waals surface area contributed by atoms with Crippen LogP contribution in [0.15, 0.2) is 24.4 Å². The second-order valence-electron chi connectivity index (χ2n) is 4.92. The lowest BCUT2D eigenvalue weighted by Crippen LogP contribution is -2.13. The molecule has 0 aliphatic heterocycles. The molecule has 0 radical (unpaired) electrons. The Morgan fingerprint density at radius 3 is 2.77 bits per heavy atom. The van der Waals surface area contributed by atoms with E-state index >= 15 is 0 Å². The predicted molar refractivity (Wildman–Crippen MR) is 98.2 cm³/mol. The van der Waals surface area contributed by atoms with Crippen molar-refractivity contribution in [1.29, 1.82) is 0 Å². The first kappa shape index (κ1) is 19.7. The average molecular weight is 400 g/mol. The predicted octanol–water partition coefficient (Wildman–Crippen LogP) is 3.80. The number of aromatic nitrogens is 2. The third-order valence-electron chi connectivity index (χ3n) is 3.07. The Kier molecular flexibility index (Phi) is 6.93. The van der Waals surface area contributed by atoms with E-state index < -0.39 is 10.9 Å². The maximum absolute atomic E-state index is 11.4. The second kappa shape index (κ2) is 9.16. The number of halogens is 2. The summed E-state index contributed by atoms with van der Waals surface area (Å²) in [4.78, 5) is 29.8. The first-order valence-electron chi connectivity index (χ1n) is 7.53. The zero-order valence-corrected chi connectivity index (χ0v) is 15.2. The molecule has 1 aromatic carbocycles. The van der Waals surface area contributed by atoms with Crippen LogP contribution in [0.1, 0.15) is 13.3 Å². The van der Waals surface area contributed by atoms with Crippen LogP contribution in [0.25, 0.3) is 0 Å². The van der Waals surface area contributed by atoms with Gasteiger partial charge in [-0.2, -0.15) is 4.98 Å². The van der Waals surface area contributed by atoms with Crippen molar-refractivity contribution in [2.45, 2.75) is 13.3 Å². The number of carbonyl (C=O) groups excluding carboxylic acids is 1. The van der Waals surface area contributed by atoms with Crippen molar-refractivity contribution in [2.75, 3.05) is 23.8 Å². The average Bonchev–Trinajstić information content (AvgIpc) is 2.58. The number of hydrogen-bond donors (Lipinski definition) is 2. The number of ether oxygens (including phenoxy) is 1. The number of nitro groups is 1. The monoisotopic (exact) mass is 399 g/mol. The van der Waals surface area contributed by atoms with E-state index in [0.717, 1.165) is 6.20 Å². The maximum atomic E-state index is 11.4. The summed E-state index contributed by atoms with van der Waals surface area (Å²) >= 11 is 11.8. The number of nitrogens with one attached hydrogen (secondary N) is 2. The van der Waals surface area contributed by atoms with Crippen LogP contribution >= 0.6 is 23.2 Å². The molecule has 9 nitrogen and oxygen atoms in total. The molecule has 2 aromatic rings. The number of hydrogen-bond acceptors (Lipinski definition) is 8. The molecule has 0 spiro atoms. The fourth-order valence-corrected chi connectivity index (χ4v) is 2.22. The zero-order valence-electron chi connectivity index (χ0n) is 13.7. The van der Waals surface area contributed by atoms with Gasteiger partial charge in [-0.05, 0) is 25.1 Å². The molecule has 1 heterocycles. The smallest absolute Gasteiger partial charge is 0.329 e. The SMILES string of the molecule is CCOC(=O)CCNc1nc(Nc2ccc(Cl)c(Cl)c2)ncc1[N+](=O)[O-]. The van der Waals surface area contributed by atoms with Gasteiger partial charge in [0.2, 0.25) is 11.8 Å². The molecule has 0 fully saturated rings. The van der Waals surface area contributed by atoms with Gasteiger partial charge in [-0.25, -0.2) is 4.98 Å². The second-order valence-corrected chi connectivity index (χ2v) is 5.73. The van der Waals surface area contributed by atoms with Crippen molar-refractivity contribution in [1.82, 2.24) is 9.97 Å². The maximum Gasteiger partial charge on any atom is 0.329 e. The first-order chi connectivity index (χ1) is 12.4. The Labute approximate surface area is 158 Å². The highest BCUT2D eigenvalue weighted by atomic mass is 35.5. The fourth-order valence-electron chi connectivity index (χ4n) is 1.92. The molecule has 0 saturated heterocycles. The normalized spacial score (nSPS) is 10.3. The molecule has 11 heteroatoms. The van der Waals surface area contributed by atoms with Crippen LogP contribution in [0.3, 0.4) is 0 Å². The minimum absolute atomic E-state index is 0.0168. The zero-order chi connectivity index (χ0) is 19.1. The van der Waals surface area contributed by atoms with Gasteiger partial charge in [0, 0.05) is 12.2 Å². The van der Waals surface area contributed by atoms with Crippen LogP contribution in [-0.2, 0) is 9.53 Å². The minimum Gasteiger partial charge on any atom is -0.466 e. The van der Waals surface area contributed by atoms with Crippen molar-refractivity contribution in [2.24, 2.45) is 0 Å². The van der Waals surface area contributed by atoms with E-state index in [0.29, 0.717) is 15.7 Å². The van der Waals surface area contributed by atoms with E-state index in [9.17, 15) is 14.9 Å². The summed E-state index contributed by atoms with van der Waals surface area (Å²) in [7, 11) is 0. The number of anilines is 3. The standard InChI is InChI=1S/C15H15Cl2N5O4/c1-2-26-13(23)5-6-18-14-12(22(24)25)8-19-15(21-14)20-9-3-4-10(16)11(17)7-9/h3-4,7-8H,2,5-6H2,1H3,(H2,18,19,20,21). The lowest BCUT2D eigenvalue weighted by atomic mass is 10.3. The summed E-state index contributed by atoms with van der Waals surface area (Å²) in [6.45, 7) is 2.09. The van der Waals surface area contributed by atoms with Crippen molar-refractivity contribution in [3.05, 3.63) is 44.6 Å². The van der Waals surface area contributed by atoms with Crippen molar-refractivity contribution >= 4 is 52.3 Å². The number of carbonyl (C=O) groups is 1. The molecular formula is C15H15Cl2N5O4. The number of benzene rings is 1. The first-order valence-corrected chi connectivity index (χ1v) is 8.29. The third-order valence-corrected chi connectivity index (χ3v) is 3.81. The van der Waals surface area contributed by atoms with Crippen LogP contribution in [0, 0.1) is 10.1 Å². The highest BCUT2D eigenvalue weighted by molar-refractivity contribution is 6.42. The molecule has 0 aliphatic carbocycles. The van der Waals surface area contributed by atoms with Crippen molar-refractivity contribution in [3.8, 4) is 0 Å². The van der Waals surface area contributed by atoms with Crippen LogP contribution in [0.5, 0.6) is 0 Å². The molecule has 138 valence electrons.